The third kappa shape index (κ3) is 1.93. The standard InChI is InChI=1S/C15H14N2O4S/c1-3-21-12(18)11-8(2)16-13(19)15(11)14(20)17-9-6-4-5-7-10(9)22-15/h4-7H,3H2,1-2H3,(H,16,19)(H,17,20). The molecule has 7 heteroatoms. The van der Waals surface area contributed by atoms with Crippen LogP contribution < -0.4 is 10.6 Å². The van der Waals surface area contributed by atoms with Crippen LogP contribution in [-0.2, 0) is 19.1 Å². The van der Waals surface area contributed by atoms with E-state index in [4.69, 9.17) is 4.74 Å². The Balaban J connectivity index is 2.13. The van der Waals surface area contributed by atoms with Crippen molar-refractivity contribution in [3.8, 4) is 0 Å². The summed E-state index contributed by atoms with van der Waals surface area (Å²) in [5.74, 6) is -1.71. The van der Waals surface area contributed by atoms with Crippen LogP contribution in [0.3, 0.4) is 0 Å². The largest absolute Gasteiger partial charge is 0.463 e. The van der Waals surface area contributed by atoms with Crippen molar-refractivity contribution in [1.82, 2.24) is 5.32 Å². The van der Waals surface area contributed by atoms with Crippen molar-refractivity contribution in [2.24, 2.45) is 0 Å². The van der Waals surface area contributed by atoms with Gasteiger partial charge in [0.15, 0.2) is 0 Å². The summed E-state index contributed by atoms with van der Waals surface area (Å²) in [4.78, 5) is 38.1. The number of fused-ring (bicyclic) bond motifs is 1. The number of amides is 2. The van der Waals surface area contributed by atoms with Gasteiger partial charge in [0, 0.05) is 10.6 Å². The SMILES string of the molecule is CCOC(=O)C1=C(C)NC(=O)C12Sc1ccccc1NC2=O. The molecule has 6 nitrogen and oxygen atoms in total. The van der Waals surface area contributed by atoms with E-state index in [0.717, 1.165) is 16.7 Å². The van der Waals surface area contributed by atoms with Crippen LogP contribution in [0.2, 0.25) is 0 Å². The molecule has 1 aromatic carbocycles. The number of carbonyl (C=O) groups excluding carboxylic acids is 3. The number of nitrogens with one attached hydrogen (secondary N) is 2. The molecule has 2 amide bonds. The third-order valence-electron chi connectivity index (χ3n) is 3.55. The minimum Gasteiger partial charge on any atom is -0.463 e. The van der Waals surface area contributed by atoms with E-state index in [1.165, 1.54) is 0 Å². The molecule has 0 aromatic heterocycles. The fraction of sp³-hybridized carbons (Fsp3) is 0.267. The van der Waals surface area contributed by atoms with Gasteiger partial charge >= 0.3 is 5.97 Å². The lowest BCUT2D eigenvalue weighted by Gasteiger charge is -2.32. The van der Waals surface area contributed by atoms with Crippen LogP contribution in [0.5, 0.6) is 0 Å². The number of esters is 1. The highest BCUT2D eigenvalue weighted by molar-refractivity contribution is 8.02. The Morgan fingerprint density at radius 3 is 2.64 bits per heavy atom. The Hall–Kier alpha value is -2.28. The summed E-state index contributed by atoms with van der Waals surface area (Å²) >= 11 is 1.07. The summed E-state index contributed by atoms with van der Waals surface area (Å²) in [7, 11) is 0. The van der Waals surface area contributed by atoms with Gasteiger partial charge in [0.25, 0.3) is 11.8 Å². The molecule has 1 atom stereocenters. The van der Waals surface area contributed by atoms with Crippen molar-refractivity contribution < 1.29 is 19.1 Å². The lowest BCUT2D eigenvalue weighted by Crippen LogP contribution is -2.52. The van der Waals surface area contributed by atoms with Crippen LogP contribution in [0, 0.1) is 0 Å². The van der Waals surface area contributed by atoms with Crippen molar-refractivity contribution in [2.75, 3.05) is 11.9 Å². The first kappa shape index (κ1) is 14.6. The Labute approximate surface area is 131 Å². The van der Waals surface area contributed by atoms with E-state index in [2.05, 4.69) is 10.6 Å². The van der Waals surface area contributed by atoms with Gasteiger partial charge in [0.2, 0.25) is 4.75 Å². The highest BCUT2D eigenvalue weighted by atomic mass is 32.2. The quantitative estimate of drug-likeness (QED) is 0.637. The second kappa shape index (κ2) is 5.17. The topological polar surface area (TPSA) is 84.5 Å². The predicted octanol–water partition coefficient (Wildman–Crippen LogP) is 1.44. The summed E-state index contributed by atoms with van der Waals surface area (Å²) in [6.07, 6.45) is 0. The van der Waals surface area contributed by atoms with Crippen LogP contribution in [0.1, 0.15) is 13.8 Å². The first-order valence-electron chi connectivity index (χ1n) is 6.80. The van der Waals surface area contributed by atoms with Gasteiger partial charge in [0.05, 0.1) is 17.9 Å². The van der Waals surface area contributed by atoms with Gasteiger partial charge in [-0.3, -0.25) is 9.59 Å². The highest BCUT2D eigenvalue weighted by Gasteiger charge is 2.59. The first-order chi connectivity index (χ1) is 10.5. The summed E-state index contributed by atoms with van der Waals surface area (Å²) in [6, 6.07) is 7.15. The smallest absolute Gasteiger partial charge is 0.338 e. The molecular weight excluding hydrogens is 304 g/mol. The number of rotatable bonds is 2. The van der Waals surface area contributed by atoms with Gasteiger partial charge < -0.3 is 15.4 Å². The van der Waals surface area contributed by atoms with Gasteiger partial charge in [-0.15, -0.1) is 0 Å². The van der Waals surface area contributed by atoms with Crippen LogP contribution >= 0.6 is 11.8 Å². The zero-order valence-electron chi connectivity index (χ0n) is 12.1. The van der Waals surface area contributed by atoms with E-state index in [1.54, 1.807) is 32.0 Å². The molecule has 0 aliphatic carbocycles. The molecule has 2 N–H and O–H groups in total. The molecule has 0 radical (unpaired) electrons. The molecule has 3 rings (SSSR count). The van der Waals surface area contributed by atoms with E-state index in [1.807, 2.05) is 6.07 Å². The zero-order chi connectivity index (χ0) is 15.9. The maximum Gasteiger partial charge on any atom is 0.338 e. The van der Waals surface area contributed by atoms with E-state index in [0.29, 0.717) is 11.4 Å². The highest BCUT2D eigenvalue weighted by Crippen LogP contribution is 2.49. The van der Waals surface area contributed by atoms with E-state index in [9.17, 15) is 14.4 Å². The van der Waals surface area contributed by atoms with Gasteiger partial charge in [-0.25, -0.2) is 4.79 Å². The summed E-state index contributed by atoms with van der Waals surface area (Å²) in [5, 5.41) is 5.29. The average molecular weight is 318 g/mol. The molecule has 0 fully saturated rings. The summed E-state index contributed by atoms with van der Waals surface area (Å²) in [6.45, 7) is 3.43. The van der Waals surface area contributed by atoms with Crippen molar-refractivity contribution in [3.63, 3.8) is 0 Å². The molecule has 22 heavy (non-hydrogen) atoms. The number of thioether (sulfide) groups is 1. The van der Waals surface area contributed by atoms with Crippen LogP contribution in [0.4, 0.5) is 5.69 Å². The van der Waals surface area contributed by atoms with Gasteiger partial charge in [0.1, 0.15) is 0 Å². The molecule has 0 bridgehead atoms. The Morgan fingerprint density at radius 2 is 1.91 bits per heavy atom. The molecule has 2 heterocycles. The molecule has 2 aliphatic heterocycles. The lowest BCUT2D eigenvalue weighted by atomic mass is 9.97. The van der Waals surface area contributed by atoms with Gasteiger partial charge in [-0.1, -0.05) is 23.9 Å². The molecule has 0 saturated heterocycles. The Kier molecular flexibility index (Phi) is 3.44. The van der Waals surface area contributed by atoms with Crippen LogP contribution in [-0.4, -0.2) is 29.1 Å². The molecule has 114 valence electrons. The number of ether oxygens (including phenoxy) is 1. The number of benzene rings is 1. The fourth-order valence-electron chi connectivity index (χ4n) is 2.59. The zero-order valence-corrected chi connectivity index (χ0v) is 12.9. The second-order valence-corrected chi connectivity index (χ2v) is 6.16. The van der Waals surface area contributed by atoms with Crippen molar-refractivity contribution in [2.45, 2.75) is 23.5 Å². The monoisotopic (exact) mass is 318 g/mol. The van der Waals surface area contributed by atoms with Gasteiger partial charge in [-0.05, 0) is 26.0 Å². The molecule has 1 aromatic rings. The normalized spacial score (nSPS) is 23.2. The third-order valence-corrected chi connectivity index (χ3v) is 5.00. The minimum absolute atomic E-state index is 0.0661. The molecule has 2 aliphatic rings. The fourth-order valence-corrected chi connectivity index (χ4v) is 3.92. The minimum atomic E-state index is -1.63. The lowest BCUT2D eigenvalue weighted by molar-refractivity contribution is -0.141. The number of allylic oxidation sites excluding steroid dienone is 1. The first-order valence-corrected chi connectivity index (χ1v) is 7.61. The number of hydrogen-bond acceptors (Lipinski definition) is 5. The van der Waals surface area contributed by atoms with Gasteiger partial charge in [-0.2, -0.15) is 0 Å². The summed E-state index contributed by atoms with van der Waals surface area (Å²) < 4.78 is 3.39. The van der Waals surface area contributed by atoms with Crippen LogP contribution in [0.25, 0.3) is 0 Å². The van der Waals surface area contributed by atoms with Crippen LogP contribution in [0.15, 0.2) is 40.4 Å². The average Bonchev–Trinajstić information content (AvgIpc) is 2.72. The second-order valence-electron chi connectivity index (χ2n) is 4.91. The Morgan fingerprint density at radius 1 is 1.23 bits per heavy atom. The van der Waals surface area contributed by atoms with Crippen molar-refractivity contribution in [1.29, 1.82) is 0 Å². The number of hydrogen-bond donors (Lipinski definition) is 2. The predicted molar refractivity (Wildman–Crippen MR) is 81.1 cm³/mol. The van der Waals surface area contributed by atoms with E-state index in [-0.39, 0.29) is 12.2 Å². The van der Waals surface area contributed by atoms with E-state index < -0.39 is 22.5 Å². The maximum absolute atomic E-state index is 12.6. The summed E-state index contributed by atoms with van der Waals surface area (Å²) in [5.41, 5.74) is 1.05. The molecule has 0 saturated carbocycles. The van der Waals surface area contributed by atoms with E-state index >= 15 is 0 Å². The van der Waals surface area contributed by atoms with Crippen molar-refractivity contribution in [3.05, 3.63) is 35.5 Å². The number of carbonyl (C=O) groups is 3. The Bertz CT molecular complexity index is 728. The number of para-hydroxylation sites is 1. The molecule has 1 spiro atoms. The molecule has 1 unspecified atom stereocenters. The van der Waals surface area contributed by atoms with Crippen molar-refractivity contribution >= 4 is 35.2 Å². The maximum atomic E-state index is 12.6. The number of anilines is 1. The molecular formula is C15H14N2O4S.